The van der Waals surface area contributed by atoms with Gasteiger partial charge in [-0.2, -0.15) is 0 Å². The first-order valence-corrected chi connectivity index (χ1v) is 26.2. The molecular formula is C58H96O6. The highest BCUT2D eigenvalue weighted by atomic mass is 16.6. The van der Waals surface area contributed by atoms with Crippen molar-refractivity contribution in [2.45, 2.75) is 239 Å². The first-order chi connectivity index (χ1) is 31.5. The molecule has 0 aromatic carbocycles. The van der Waals surface area contributed by atoms with Crippen LogP contribution in [0.2, 0.25) is 0 Å². The van der Waals surface area contributed by atoms with Gasteiger partial charge in [0.1, 0.15) is 13.2 Å². The second kappa shape index (κ2) is 52.0. The van der Waals surface area contributed by atoms with Crippen molar-refractivity contribution >= 4 is 17.9 Å². The van der Waals surface area contributed by atoms with Gasteiger partial charge < -0.3 is 14.2 Å². The number of unbranched alkanes of at least 4 members (excludes halogenated alkanes) is 19. The highest BCUT2D eigenvalue weighted by Gasteiger charge is 2.19. The van der Waals surface area contributed by atoms with Crippen LogP contribution >= 0.6 is 0 Å². The van der Waals surface area contributed by atoms with Crippen molar-refractivity contribution in [3.8, 4) is 0 Å². The van der Waals surface area contributed by atoms with E-state index in [9.17, 15) is 14.4 Å². The SMILES string of the molecule is CC/C=C\C/C=C\C/C=C\C/C=C\C/C=C\C/C=C\CCC(=O)OCC(COC(=O)CCCCCCC/C=C\CCCCC)OC(=O)CCCCCCC/C=C\CCCCCCCC. The van der Waals surface area contributed by atoms with Gasteiger partial charge in [0.25, 0.3) is 0 Å². The van der Waals surface area contributed by atoms with Gasteiger partial charge in [-0.3, -0.25) is 14.4 Å². The summed E-state index contributed by atoms with van der Waals surface area (Å²) in [6, 6.07) is 0. The topological polar surface area (TPSA) is 78.9 Å². The Hall–Kier alpha value is -3.67. The summed E-state index contributed by atoms with van der Waals surface area (Å²) in [5.41, 5.74) is 0. The van der Waals surface area contributed by atoms with Crippen LogP contribution in [-0.4, -0.2) is 37.2 Å². The Balaban J connectivity index is 4.52. The van der Waals surface area contributed by atoms with Crippen LogP contribution in [0.15, 0.2) is 97.2 Å². The Morgan fingerprint density at radius 2 is 0.641 bits per heavy atom. The molecule has 0 aromatic heterocycles. The molecule has 0 amide bonds. The lowest BCUT2D eigenvalue weighted by Crippen LogP contribution is -2.30. The van der Waals surface area contributed by atoms with E-state index in [2.05, 4.69) is 112 Å². The fourth-order valence-electron chi connectivity index (χ4n) is 6.87. The van der Waals surface area contributed by atoms with Crippen LogP contribution < -0.4 is 0 Å². The molecular weight excluding hydrogens is 793 g/mol. The van der Waals surface area contributed by atoms with Gasteiger partial charge >= 0.3 is 17.9 Å². The number of esters is 3. The quantitative estimate of drug-likeness (QED) is 0.0262. The third-order valence-electron chi connectivity index (χ3n) is 10.8. The molecule has 0 bridgehead atoms. The largest absolute Gasteiger partial charge is 0.462 e. The lowest BCUT2D eigenvalue weighted by molar-refractivity contribution is -0.166. The van der Waals surface area contributed by atoms with E-state index in [1.54, 1.807) is 0 Å². The summed E-state index contributed by atoms with van der Waals surface area (Å²) in [7, 11) is 0. The number of hydrogen-bond donors (Lipinski definition) is 0. The molecule has 0 aromatic rings. The highest BCUT2D eigenvalue weighted by molar-refractivity contribution is 5.71. The van der Waals surface area contributed by atoms with Gasteiger partial charge in [-0.05, 0) is 109 Å². The van der Waals surface area contributed by atoms with Gasteiger partial charge in [-0.15, -0.1) is 0 Å². The number of ether oxygens (including phenoxy) is 3. The molecule has 6 heteroatoms. The minimum absolute atomic E-state index is 0.109. The molecule has 0 saturated carbocycles. The third kappa shape index (κ3) is 49.3. The predicted octanol–water partition coefficient (Wildman–Crippen LogP) is 17.4. The number of carbonyl (C=O) groups is 3. The van der Waals surface area contributed by atoms with E-state index in [0.717, 1.165) is 103 Å². The smallest absolute Gasteiger partial charge is 0.306 e. The number of rotatable bonds is 46. The van der Waals surface area contributed by atoms with Crippen LogP contribution in [0.1, 0.15) is 233 Å². The zero-order valence-electron chi connectivity index (χ0n) is 41.5. The molecule has 0 N–H and O–H groups in total. The van der Waals surface area contributed by atoms with Crippen molar-refractivity contribution in [3.05, 3.63) is 97.2 Å². The van der Waals surface area contributed by atoms with E-state index in [4.69, 9.17) is 14.2 Å². The number of allylic oxidation sites excluding steroid dienone is 16. The summed E-state index contributed by atoms with van der Waals surface area (Å²) in [6.07, 6.45) is 68.3. The molecule has 6 nitrogen and oxygen atoms in total. The van der Waals surface area contributed by atoms with E-state index >= 15 is 0 Å². The maximum Gasteiger partial charge on any atom is 0.306 e. The van der Waals surface area contributed by atoms with Crippen molar-refractivity contribution in [2.75, 3.05) is 13.2 Å². The highest BCUT2D eigenvalue weighted by Crippen LogP contribution is 2.13. The average molecular weight is 889 g/mol. The predicted molar refractivity (Wildman–Crippen MR) is 274 cm³/mol. The van der Waals surface area contributed by atoms with Crippen LogP contribution in [0, 0.1) is 0 Å². The van der Waals surface area contributed by atoms with E-state index < -0.39 is 6.10 Å². The first kappa shape index (κ1) is 60.3. The lowest BCUT2D eigenvalue weighted by atomic mass is 10.1. The standard InChI is InChI=1S/C58H96O6/c1-4-7-10-13-16-19-22-25-27-28-29-30-32-33-36-39-42-45-48-51-57(60)63-54-55(53-62-56(59)50-47-44-41-38-35-24-21-18-15-12-9-6-3)64-58(61)52-49-46-43-40-37-34-31-26-23-20-17-14-11-8-5-2/h7,10,16,18-19,21,25-27,29-31,33,36,42,45,55H,4-6,8-9,11-15,17,20,22-24,28,32,34-35,37-41,43-44,46-54H2,1-3H3/b10-7-,19-16-,21-18-,27-25-,30-29-,31-26-,36-33-,45-42-. The molecule has 0 saturated heterocycles. The fourth-order valence-corrected chi connectivity index (χ4v) is 6.87. The van der Waals surface area contributed by atoms with Crippen molar-refractivity contribution in [1.29, 1.82) is 0 Å². The fraction of sp³-hybridized carbons (Fsp3) is 0.672. The summed E-state index contributed by atoms with van der Waals surface area (Å²) >= 11 is 0. The van der Waals surface area contributed by atoms with E-state index in [-0.39, 0.29) is 37.5 Å². The van der Waals surface area contributed by atoms with E-state index in [0.29, 0.717) is 19.3 Å². The monoisotopic (exact) mass is 889 g/mol. The lowest BCUT2D eigenvalue weighted by Gasteiger charge is -2.18. The maximum absolute atomic E-state index is 12.8. The molecule has 0 radical (unpaired) electrons. The molecule has 1 unspecified atom stereocenters. The minimum atomic E-state index is -0.815. The first-order valence-electron chi connectivity index (χ1n) is 26.2. The molecule has 0 spiro atoms. The molecule has 0 fully saturated rings. The second-order valence-electron chi connectivity index (χ2n) is 17.0. The van der Waals surface area contributed by atoms with Gasteiger partial charge in [-0.25, -0.2) is 0 Å². The van der Waals surface area contributed by atoms with Crippen LogP contribution in [0.4, 0.5) is 0 Å². The van der Waals surface area contributed by atoms with Crippen molar-refractivity contribution in [2.24, 2.45) is 0 Å². The second-order valence-corrected chi connectivity index (χ2v) is 17.0. The Kier molecular flexibility index (Phi) is 49.0. The molecule has 364 valence electrons. The van der Waals surface area contributed by atoms with Gasteiger partial charge in [0.15, 0.2) is 6.10 Å². The zero-order valence-corrected chi connectivity index (χ0v) is 41.5. The maximum atomic E-state index is 12.8. The molecule has 1 atom stereocenters. The Labute approximate surface area is 394 Å². The summed E-state index contributed by atoms with van der Waals surface area (Å²) in [6.45, 7) is 6.41. The number of carbonyl (C=O) groups excluding carboxylic acids is 3. The Morgan fingerprint density at radius 3 is 1.08 bits per heavy atom. The molecule has 64 heavy (non-hydrogen) atoms. The molecule has 0 aliphatic rings. The van der Waals surface area contributed by atoms with Crippen LogP contribution in [-0.2, 0) is 28.6 Å². The zero-order chi connectivity index (χ0) is 46.5. The molecule has 0 rings (SSSR count). The summed E-state index contributed by atoms with van der Waals surface area (Å²) < 4.78 is 16.7. The Bertz CT molecular complexity index is 1300. The van der Waals surface area contributed by atoms with Crippen molar-refractivity contribution < 1.29 is 28.6 Å². The summed E-state index contributed by atoms with van der Waals surface area (Å²) in [5.74, 6) is -1.02. The van der Waals surface area contributed by atoms with Gasteiger partial charge in [-0.1, -0.05) is 201 Å². The van der Waals surface area contributed by atoms with Gasteiger partial charge in [0, 0.05) is 19.3 Å². The number of hydrogen-bond acceptors (Lipinski definition) is 6. The summed E-state index contributed by atoms with van der Waals surface area (Å²) in [4.78, 5) is 37.9. The van der Waals surface area contributed by atoms with Crippen molar-refractivity contribution in [1.82, 2.24) is 0 Å². The van der Waals surface area contributed by atoms with Crippen LogP contribution in [0.3, 0.4) is 0 Å². The van der Waals surface area contributed by atoms with Crippen LogP contribution in [0.25, 0.3) is 0 Å². The third-order valence-corrected chi connectivity index (χ3v) is 10.8. The Morgan fingerprint density at radius 1 is 0.328 bits per heavy atom. The van der Waals surface area contributed by atoms with Gasteiger partial charge in [0.2, 0.25) is 0 Å². The molecule has 0 aliphatic heterocycles. The van der Waals surface area contributed by atoms with Gasteiger partial charge in [0.05, 0.1) is 0 Å². The van der Waals surface area contributed by atoms with E-state index in [1.165, 1.54) is 83.5 Å². The normalized spacial score (nSPS) is 12.9. The van der Waals surface area contributed by atoms with E-state index in [1.807, 2.05) is 6.08 Å². The summed E-state index contributed by atoms with van der Waals surface area (Å²) in [5, 5.41) is 0. The minimum Gasteiger partial charge on any atom is -0.462 e. The molecule has 0 heterocycles. The van der Waals surface area contributed by atoms with Crippen LogP contribution in [0.5, 0.6) is 0 Å². The molecule has 0 aliphatic carbocycles. The van der Waals surface area contributed by atoms with Crippen molar-refractivity contribution in [3.63, 3.8) is 0 Å². The average Bonchev–Trinajstić information content (AvgIpc) is 3.29.